The number of ether oxygens (including phenoxy) is 1. The number of allylic oxidation sites excluding steroid dienone is 1. The number of nitro benzene ring substituents is 1. The van der Waals surface area contributed by atoms with Crippen LogP contribution in [0.4, 0.5) is 5.69 Å². The van der Waals surface area contributed by atoms with Gasteiger partial charge in [-0.1, -0.05) is 42.5 Å². The minimum atomic E-state index is -0.518. The molecule has 0 aromatic heterocycles. The number of hydrogen-bond acceptors (Lipinski definition) is 6. The predicted molar refractivity (Wildman–Crippen MR) is 96.0 cm³/mol. The van der Waals surface area contributed by atoms with E-state index in [4.69, 9.17) is 4.74 Å². The zero-order valence-electron chi connectivity index (χ0n) is 14.4. The summed E-state index contributed by atoms with van der Waals surface area (Å²) < 4.78 is 4.93. The molecule has 0 unspecified atom stereocenters. The Hall–Kier alpha value is -3.19. The highest BCUT2D eigenvalue weighted by atomic mass is 16.6. The standard InChI is InChI=1S/C19H19N3O4/c1-12-16(19(23)26-2)17(13-8-4-3-5-9-13)21-18(20-12)14-10-6-7-11-15(14)22(24)25/h3-11,17-18,20-21H,1-2H3/t17-,18+/m0/s1. The van der Waals surface area contributed by atoms with Gasteiger partial charge in [-0.2, -0.15) is 0 Å². The molecule has 7 heteroatoms. The number of nitrogens with one attached hydrogen (secondary N) is 2. The lowest BCUT2D eigenvalue weighted by Crippen LogP contribution is -2.44. The highest BCUT2D eigenvalue weighted by Gasteiger charge is 2.35. The topological polar surface area (TPSA) is 93.5 Å². The first-order valence-electron chi connectivity index (χ1n) is 8.13. The van der Waals surface area contributed by atoms with Gasteiger partial charge in [0.25, 0.3) is 5.69 Å². The molecule has 0 spiro atoms. The van der Waals surface area contributed by atoms with Gasteiger partial charge >= 0.3 is 5.97 Å². The average molecular weight is 353 g/mol. The first kappa shape index (κ1) is 17.6. The van der Waals surface area contributed by atoms with Gasteiger partial charge in [0.05, 0.1) is 29.2 Å². The SMILES string of the molecule is COC(=O)C1=C(C)N[C@@H](c2ccccc2[N+](=O)[O-])N[C@H]1c1ccccc1. The summed E-state index contributed by atoms with van der Waals surface area (Å²) in [5.41, 5.74) is 2.46. The Labute approximate surface area is 150 Å². The van der Waals surface area contributed by atoms with Gasteiger partial charge < -0.3 is 10.1 Å². The molecule has 1 aliphatic rings. The second-order valence-electron chi connectivity index (χ2n) is 5.93. The molecule has 1 heterocycles. The van der Waals surface area contributed by atoms with Crippen LogP contribution in [-0.2, 0) is 9.53 Å². The number of nitrogens with zero attached hydrogens (tertiary/aromatic N) is 1. The number of carbonyl (C=O) groups is 1. The lowest BCUT2D eigenvalue weighted by Gasteiger charge is -2.35. The minimum absolute atomic E-state index is 0.0126. The van der Waals surface area contributed by atoms with E-state index in [-0.39, 0.29) is 5.69 Å². The second-order valence-corrected chi connectivity index (χ2v) is 5.93. The molecule has 7 nitrogen and oxygen atoms in total. The van der Waals surface area contributed by atoms with Crippen molar-refractivity contribution in [1.29, 1.82) is 0 Å². The molecule has 0 saturated heterocycles. The third-order valence-corrected chi connectivity index (χ3v) is 4.37. The van der Waals surface area contributed by atoms with Crippen LogP contribution >= 0.6 is 0 Å². The van der Waals surface area contributed by atoms with Crippen LogP contribution in [0.25, 0.3) is 0 Å². The number of esters is 1. The first-order valence-corrected chi connectivity index (χ1v) is 8.13. The largest absolute Gasteiger partial charge is 0.466 e. The molecule has 0 radical (unpaired) electrons. The van der Waals surface area contributed by atoms with E-state index in [0.29, 0.717) is 16.8 Å². The van der Waals surface area contributed by atoms with Crippen molar-refractivity contribution in [3.8, 4) is 0 Å². The molecule has 2 aromatic carbocycles. The van der Waals surface area contributed by atoms with Crippen LogP contribution in [0.2, 0.25) is 0 Å². The van der Waals surface area contributed by atoms with Crippen molar-refractivity contribution >= 4 is 11.7 Å². The quantitative estimate of drug-likeness (QED) is 0.499. The monoisotopic (exact) mass is 353 g/mol. The minimum Gasteiger partial charge on any atom is -0.466 e. The lowest BCUT2D eigenvalue weighted by atomic mass is 9.93. The van der Waals surface area contributed by atoms with Crippen molar-refractivity contribution in [3.05, 3.63) is 87.1 Å². The van der Waals surface area contributed by atoms with Crippen LogP contribution in [0.5, 0.6) is 0 Å². The van der Waals surface area contributed by atoms with Gasteiger partial charge in [0.2, 0.25) is 0 Å². The van der Waals surface area contributed by atoms with Crippen molar-refractivity contribution < 1.29 is 14.5 Å². The van der Waals surface area contributed by atoms with E-state index in [1.54, 1.807) is 25.1 Å². The van der Waals surface area contributed by atoms with E-state index in [2.05, 4.69) is 10.6 Å². The second kappa shape index (κ2) is 7.37. The van der Waals surface area contributed by atoms with Crippen LogP contribution in [-0.4, -0.2) is 18.0 Å². The summed E-state index contributed by atoms with van der Waals surface area (Å²) >= 11 is 0. The van der Waals surface area contributed by atoms with Gasteiger partial charge in [0.15, 0.2) is 0 Å². The molecule has 2 atom stereocenters. The van der Waals surface area contributed by atoms with E-state index < -0.39 is 23.1 Å². The Morgan fingerprint density at radius 3 is 2.42 bits per heavy atom. The molecular weight excluding hydrogens is 334 g/mol. The Balaban J connectivity index is 2.07. The Kier molecular flexibility index (Phi) is 4.99. The van der Waals surface area contributed by atoms with Gasteiger partial charge in [0, 0.05) is 11.8 Å². The number of benzene rings is 2. The number of carbonyl (C=O) groups excluding carboxylic acids is 1. The van der Waals surface area contributed by atoms with Crippen molar-refractivity contribution in [2.45, 2.75) is 19.1 Å². The molecular formula is C19H19N3O4. The lowest BCUT2D eigenvalue weighted by molar-refractivity contribution is -0.385. The van der Waals surface area contributed by atoms with E-state index >= 15 is 0 Å². The van der Waals surface area contributed by atoms with Crippen molar-refractivity contribution in [2.24, 2.45) is 0 Å². The van der Waals surface area contributed by atoms with E-state index in [1.807, 2.05) is 30.3 Å². The zero-order valence-corrected chi connectivity index (χ0v) is 14.4. The number of para-hydroxylation sites is 1. The molecule has 1 aliphatic heterocycles. The van der Waals surface area contributed by atoms with E-state index in [0.717, 1.165) is 5.56 Å². The fourth-order valence-electron chi connectivity index (χ4n) is 3.16. The summed E-state index contributed by atoms with van der Waals surface area (Å²) in [6.45, 7) is 1.77. The molecule has 0 bridgehead atoms. The predicted octanol–water partition coefficient (Wildman–Crippen LogP) is 2.97. The van der Waals surface area contributed by atoms with Gasteiger partial charge in [-0.3, -0.25) is 15.4 Å². The van der Waals surface area contributed by atoms with Crippen LogP contribution < -0.4 is 10.6 Å². The van der Waals surface area contributed by atoms with Gasteiger partial charge in [-0.25, -0.2) is 4.79 Å². The molecule has 26 heavy (non-hydrogen) atoms. The molecule has 2 aromatic rings. The van der Waals surface area contributed by atoms with E-state index in [1.165, 1.54) is 13.2 Å². The maximum absolute atomic E-state index is 12.3. The normalized spacial score (nSPS) is 19.6. The number of methoxy groups -OCH3 is 1. The maximum Gasteiger partial charge on any atom is 0.337 e. The molecule has 0 fully saturated rings. The van der Waals surface area contributed by atoms with Crippen LogP contribution in [0.3, 0.4) is 0 Å². The van der Waals surface area contributed by atoms with Crippen molar-refractivity contribution in [1.82, 2.24) is 10.6 Å². The summed E-state index contributed by atoms with van der Waals surface area (Å²) in [6, 6.07) is 15.5. The van der Waals surface area contributed by atoms with Gasteiger partial charge in [-0.15, -0.1) is 0 Å². The summed E-state index contributed by atoms with van der Waals surface area (Å²) in [5.74, 6) is -0.447. The van der Waals surface area contributed by atoms with Crippen LogP contribution in [0.15, 0.2) is 65.9 Å². The first-order chi connectivity index (χ1) is 12.5. The Morgan fingerprint density at radius 2 is 1.77 bits per heavy atom. The molecule has 134 valence electrons. The fraction of sp³-hybridized carbons (Fsp3) is 0.211. The van der Waals surface area contributed by atoms with Gasteiger partial charge in [-0.05, 0) is 18.6 Å². The highest BCUT2D eigenvalue weighted by molar-refractivity contribution is 5.91. The van der Waals surface area contributed by atoms with Crippen molar-refractivity contribution in [2.75, 3.05) is 7.11 Å². The van der Waals surface area contributed by atoms with Crippen molar-refractivity contribution in [3.63, 3.8) is 0 Å². The third-order valence-electron chi connectivity index (χ3n) is 4.37. The molecule has 0 amide bonds. The zero-order chi connectivity index (χ0) is 18.7. The summed E-state index contributed by atoms with van der Waals surface area (Å²) in [5, 5.41) is 17.8. The maximum atomic E-state index is 12.3. The number of rotatable bonds is 4. The van der Waals surface area contributed by atoms with Crippen LogP contribution in [0, 0.1) is 10.1 Å². The average Bonchev–Trinajstić information content (AvgIpc) is 2.67. The summed E-state index contributed by atoms with van der Waals surface area (Å²) in [4.78, 5) is 23.3. The molecule has 2 N–H and O–H groups in total. The molecule has 3 rings (SSSR count). The highest BCUT2D eigenvalue weighted by Crippen LogP contribution is 2.34. The molecule has 0 saturated carbocycles. The Bertz CT molecular complexity index is 864. The Morgan fingerprint density at radius 1 is 1.12 bits per heavy atom. The fourth-order valence-corrected chi connectivity index (χ4v) is 3.16. The summed E-state index contributed by atoms with van der Waals surface area (Å²) in [6.07, 6.45) is -0.518. The van der Waals surface area contributed by atoms with Gasteiger partial charge in [0.1, 0.15) is 6.17 Å². The third kappa shape index (κ3) is 3.29. The smallest absolute Gasteiger partial charge is 0.337 e. The molecule has 0 aliphatic carbocycles. The van der Waals surface area contributed by atoms with Crippen LogP contribution in [0.1, 0.15) is 30.3 Å². The number of hydrogen-bond donors (Lipinski definition) is 2. The van der Waals surface area contributed by atoms with E-state index in [9.17, 15) is 14.9 Å². The summed E-state index contributed by atoms with van der Waals surface area (Å²) in [7, 11) is 1.33. The number of nitro groups is 1.